The molecule has 0 aromatic heterocycles. The van der Waals surface area contributed by atoms with Gasteiger partial charge in [-0.25, -0.2) is 0 Å². The molecule has 4 heteroatoms. The Morgan fingerprint density at radius 3 is 2.28 bits per heavy atom. The topological polar surface area (TPSA) is 60.4 Å². The summed E-state index contributed by atoms with van der Waals surface area (Å²) in [6, 6.07) is 4.00. The number of carboxylic acids is 1. The Morgan fingerprint density at radius 2 is 1.83 bits per heavy atom. The van der Waals surface area contributed by atoms with Crippen LogP contribution in [0.5, 0.6) is 0 Å². The van der Waals surface area contributed by atoms with Gasteiger partial charge in [-0.15, -0.1) is 0 Å². The Morgan fingerprint density at radius 1 is 1.28 bits per heavy atom. The number of benzene rings is 1. The van der Waals surface area contributed by atoms with E-state index < -0.39 is 11.9 Å². The van der Waals surface area contributed by atoms with E-state index in [2.05, 4.69) is 0 Å². The summed E-state index contributed by atoms with van der Waals surface area (Å²) in [7, 11) is 0. The van der Waals surface area contributed by atoms with Gasteiger partial charge in [-0.2, -0.15) is 0 Å². The molecule has 0 unspecified atom stereocenters. The first-order valence-corrected chi connectivity index (χ1v) is 5.99. The Labute approximate surface area is 106 Å². The van der Waals surface area contributed by atoms with Gasteiger partial charge in [0.25, 0.3) is 0 Å². The maximum Gasteiger partial charge on any atom is 0.227 e. The summed E-state index contributed by atoms with van der Waals surface area (Å²) in [5, 5.41) is 10.9. The predicted octanol–water partition coefficient (Wildman–Crippen LogP) is 0.715. The average Bonchev–Trinajstić information content (AvgIpc) is 2.59. The van der Waals surface area contributed by atoms with Gasteiger partial charge in [-0.05, 0) is 31.9 Å². The van der Waals surface area contributed by atoms with Crippen LogP contribution >= 0.6 is 0 Å². The summed E-state index contributed by atoms with van der Waals surface area (Å²) in [5.41, 5.74) is 3.98. The quantitative estimate of drug-likeness (QED) is 0.772. The molecular formula is C14H16NO3-. The summed E-state index contributed by atoms with van der Waals surface area (Å²) in [5.74, 6) is -1.98. The molecule has 1 atom stereocenters. The average molecular weight is 246 g/mol. The number of hydrogen-bond acceptors (Lipinski definition) is 3. The number of carbonyl (C=O) groups is 2. The molecular weight excluding hydrogens is 230 g/mol. The van der Waals surface area contributed by atoms with E-state index in [4.69, 9.17) is 0 Å². The van der Waals surface area contributed by atoms with Crippen molar-refractivity contribution < 1.29 is 14.7 Å². The van der Waals surface area contributed by atoms with Crippen molar-refractivity contribution in [1.29, 1.82) is 0 Å². The molecule has 0 bridgehead atoms. The van der Waals surface area contributed by atoms with Gasteiger partial charge in [0.05, 0.1) is 0 Å². The molecule has 18 heavy (non-hydrogen) atoms. The van der Waals surface area contributed by atoms with Crippen molar-refractivity contribution in [2.45, 2.75) is 27.2 Å². The van der Waals surface area contributed by atoms with Gasteiger partial charge in [0.2, 0.25) is 5.91 Å². The highest BCUT2D eigenvalue weighted by molar-refractivity contribution is 6.00. The number of aliphatic carboxylic acids is 1. The number of hydrogen-bond donors (Lipinski definition) is 0. The van der Waals surface area contributed by atoms with Crippen molar-refractivity contribution in [2.24, 2.45) is 5.92 Å². The first-order valence-electron chi connectivity index (χ1n) is 5.99. The first-order chi connectivity index (χ1) is 8.40. The normalized spacial score (nSPS) is 19.4. The lowest BCUT2D eigenvalue weighted by molar-refractivity contribution is -0.310. The van der Waals surface area contributed by atoms with Gasteiger partial charge in [-0.3, -0.25) is 4.79 Å². The van der Waals surface area contributed by atoms with E-state index in [0.29, 0.717) is 0 Å². The zero-order valence-corrected chi connectivity index (χ0v) is 10.8. The minimum atomic E-state index is -1.15. The number of amides is 1. The second kappa shape index (κ2) is 4.44. The van der Waals surface area contributed by atoms with E-state index in [1.54, 1.807) is 4.90 Å². The molecule has 0 radical (unpaired) electrons. The molecule has 2 rings (SSSR count). The molecule has 1 saturated heterocycles. The van der Waals surface area contributed by atoms with Crippen LogP contribution in [0.1, 0.15) is 23.1 Å². The molecule has 1 fully saturated rings. The van der Waals surface area contributed by atoms with Gasteiger partial charge in [0.1, 0.15) is 0 Å². The SMILES string of the molecule is Cc1cc(C)c(N2C[C@@H](C(=O)[O-])CC2=O)c(C)c1. The molecule has 1 amide bonds. The molecule has 0 saturated carbocycles. The number of rotatable bonds is 2. The van der Waals surface area contributed by atoms with Crippen molar-refractivity contribution in [3.63, 3.8) is 0 Å². The Balaban J connectivity index is 2.39. The molecule has 4 nitrogen and oxygen atoms in total. The lowest BCUT2D eigenvalue weighted by Crippen LogP contribution is -2.33. The van der Waals surface area contributed by atoms with Crippen LogP contribution < -0.4 is 10.0 Å². The second-order valence-corrected chi connectivity index (χ2v) is 4.97. The molecule has 0 aliphatic carbocycles. The minimum Gasteiger partial charge on any atom is -0.550 e. The predicted molar refractivity (Wildman–Crippen MR) is 66.1 cm³/mol. The van der Waals surface area contributed by atoms with Crippen molar-refractivity contribution >= 4 is 17.6 Å². The molecule has 1 aromatic rings. The fourth-order valence-electron chi connectivity index (χ4n) is 2.68. The molecule has 1 aromatic carbocycles. The number of carboxylic acid groups (broad SMARTS) is 1. The van der Waals surface area contributed by atoms with E-state index in [-0.39, 0.29) is 18.9 Å². The first kappa shape index (κ1) is 12.6. The van der Waals surface area contributed by atoms with Crippen LogP contribution in [0.2, 0.25) is 0 Å². The lowest BCUT2D eigenvalue weighted by Gasteiger charge is -2.22. The zero-order chi connectivity index (χ0) is 13.4. The van der Waals surface area contributed by atoms with Gasteiger partial charge in [0, 0.05) is 30.5 Å². The van der Waals surface area contributed by atoms with Gasteiger partial charge >= 0.3 is 0 Å². The molecule has 96 valence electrons. The number of aryl methyl sites for hydroxylation is 3. The van der Waals surface area contributed by atoms with Crippen molar-refractivity contribution in [3.05, 3.63) is 28.8 Å². The Kier molecular flexibility index (Phi) is 3.11. The zero-order valence-electron chi connectivity index (χ0n) is 10.8. The molecule has 1 aliphatic heterocycles. The fraction of sp³-hybridized carbons (Fsp3) is 0.429. The third-order valence-corrected chi connectivity index (χ3v) is 3.36. The maximum absolute atomic E-state index is 11.9. The van der Waals surface area contributed by atoms with Crippen LogP contribution in [-0.4, -0.2) is 18.4 Å². The van der Waals surface area contributed by atoms with E-state index in [0.717, 1.165) is 22.4 Å². The fourth-order valence-corrected chi connectivity index (χ4v) is 2.68. The van der Waals surface area contributed by atoms with Gasteiger partial charge in [-0.1, -0.05) is 17.7 Å². The monoisotopic (exact) mass is 246 g/mol. The molecule has 0 N–H and O–H groups in total. The summed E-state index contributed by atoms with van der Waals surface area (Å²) in [6.45, 7) is 6.09. The smallest absolute Gasteiger partial charge is 0.227 e. The summed E-state index contributed by atoms with van der Waals surface area (Å²) in [6.07, 6.45) is 0.0368. The molecule has 1 aliphatic rings. The maximum atomic E-state index is 11.9. The van der Waals surface area contributed by atoms with Gasteiger partial charge < -0.3 is 14.8 Å². The lowest BCUT2D eigenvalue weighted by atomic mass is 10.0. The Hall–Kier alpha value is -1.84. The highest BCUT2D eigenvalue weighted by atomic mass is 16.4. The third kappa shape index (κ3) is 2.10. The van der Waals surface area contributed by atoms with Crippen molar-refractivity contribution in [1.82, 2.24) is 0 Å². The Bertz CT molecular complexity index is 499. The second-order valence-electron chi connectivity index (χ2n) is 4.97. The van der Waals surface area contributed by atoms with Gasteiger partial charge in [0.15, 0.2) is 0 Å². The van der Waals surface area contributed by atoms with Crippen LogP contribution in [0, 0.1) is 26.7 Å². The van der Waals surface area contributed by atoms with Crippen LogP contribution in [0.4, 0.5) is 5.69 Å². The molecule has 0 spiro atoms. The van der Waals surface area contributed by atoms with Crippen molar-refractivity contribution in [2.75, 3.05) is 11.4 Å². The number of nitrogens with zero attached hydrogens (tertiary/aromatic N) is 1. The third-order valence-electron chi connectivity index (χ3n) is 3.36. The molecule has 1 heterocycles. The summed E-state index contributed by atoms with van der Waals surface area (Å²) in [4.78, 5) is 24.3. The van der Waals surface area contributed by atoms with Crippen LogP contribution in [0.15, 0.2) is 12.1 Å². The number of carbonyl (C=O) groups excluding carboxylic acids is 2. The van der Waals surface area contributed by atoms with E-state index >= 15 is 0 Å². The largest absolute Gasteiger partial charge is 0.550 e. The van der Waals surface area contributed by atoms with E-state index in [9.17, 15) is 14.7 Å². The van der Waals surface area contributed by atoms with Crippen LogP contribution in [-0.2, 0) is 9.59 Å². The minimum absolute atomic E-state index is 0.0368. The van der Waals surface area contributed by atoms with Crippen LogP contribution in [0.25, 0.3) is 0 Å². The summed E-state index contributed by atoms with van der Waals surface area (Å²) >= 11 is 0. The van der Waals surface area contributed by atoms with E-state index in [1.807, 2.05) is 32.9 Å². The van der Waals surface area contributed by atoms with Crippen LogP contribution in [0.3, 0.4) is 0 Å². The van der Waals surface area contributed by atoms with E-state index in [1.165, 1.54) is 0 Å². The highest BCUT2D eigenvalue weighted by Crippen LogP contribution is 2.31. The summed E-state index contributed by atoms with van der Waals surface area (Å²) < 4.78 is 0. The van der Waals surface area contributed by atoms with Crippen molar-refractivity contribution in [3.8, 4) is 0 Å². The highest BCUT2D eigenvalue weighted by Gasteiger charge is 2.32. The number of anilines is 1. The standard InChI is InChI=1S/C14H17NO3/c1-8-4-9(2)13(10(3)5-8)15-7-11(14(17)18)6-12(15)16/h4-5,11H,6-7H2,1-3H3,(H,17,18)/p-1/t11-/m0/s1.